The molecule has 0 saturated carbocycles. The predicted molar refractivity (Wildman–Crippen MR) is 29.7 cm³/mol. The molecule has 0 spiro atoms. The first-order chi connectivity index (χ1) is 3.31. The molecule has 0 bridgehead atoms. The van der Waals surface area contributed by atoms with Crippen LogP contribution >= 0.6 is 0 Å². The molecule has 0 aliphatic carbocycles. The molecule has 0 aromatic heterocycles. The molecule has 0 saturated heterocycles. The molecule has 7 heavy (non-hydrogen) atoms. The van der Waals surface area contributed by atoms with Gasteiger partial charge < -0.3 is 5.21 Å². The van der Waals surface area contributed by atoms with E-state index in [0.29, 0.717) is 5.92 Å². The maximum Gasteiger partial charge on any atom is 0.0463 e. The highest BCUT2D eigenvalue weighted by Crippen LogP contribution is 1.93. The van der Waals surface area contributed by atoms with Crippen molar-refractivity contribution in [2.75, 3.05) is 0 Å². The first-order valence-electron chi connectivity index (χ1n) is 2.48. The van der Waals surface area contributed by atoms with Crippen LogP contribution in [0.4, 0.5) is 0 Å². The van der Waals surface area contributed by atoms with Crippen molar-refractivity contribution in [2.24, 2.45) is 11.1 Å². The van der Waals surface area contributed by atoms with Gasteiger partial charge in [0.2, 0.25) is 0 Å². The van der Waals surface area contributed by atoms with Gasteiger partial charge >= 0.3 is 0 Å². The molecule has 0 heterocycles. The summed E-state index contributed by atoms with van der Waals surface area (Å²) in [4.78, 5) is 0. The average molecular weight is 101 g/mol. The van der Waals surface area contributed by atoms with Crippen LogP contribution in [0, 0.1) is 5.92 Å². The Morgan fingerprint density at radius 1 is 1.86 bits per heavy atom. The number of oxime groups is 1. The molecule has 42 valence electrons. The molecule has 0 rings (SSSR count). The summed E-state index contributed by atoms with van der Waals surface area (Å²) in [6, 6.07) is 0. The summed E-state index contributed by atoms with van der Waals surface area (Å²) in [5.74, 6) is 0.407. The Balaban J connectivity index is 3.16. The fourth-order valence-corrected chi connectivity index (χ4v) is 0.219. The van der Waals surface area contributed by atoms with Crippen LogP contribution in [0.25, 0.3) is 0 Å². The summed E-state index contributed by atoms with van der Waals surface area (Å²) in [5, 5.41) is 10.8. The summed E-state index contributed by atoms with van der Waals surface area (Å²) >= 11 is 0. The van der Waals surface area contributed by atoms with Crippen molar-refractivity contribution in [3.8, 4) is 0 Å². The summed E-state index contributed by atoms with van der Waals surface area (Å²) in [6.45, 7) is 4.05. The third-order valence-electron chi connectivity index (χ3n) is 0.965. The van der Waals surface area contributed by atoms with Gasteiger partial charge in [0.1, 0.15) is 0 Å². The molecular weight excluding hydrogens is 90.1 g/mol. The Labute approximate surface area is 43.8 Å². The monoisotopic (exact) mass is 101 g/mol. The smallest absolute Gasteiger partial charge is 0.0463 e. The summed E-state index contributed by atoms with van der Waals surface area (Å²) in [7, 11) is 0. The number of nitrogens with zero attached hydrogens (tertiary/aromatic N) is 1. The fraction of sp³-hybridized carbons (Fsp3) is 0.800. The van der Waals surface area contributed by atoms with E-state index in [1.807, 2.05) is 13.8 Å². The summed E-state index contributed by atoms with van der Waals surface area (Å²) < 4.78 is 0. The van der Waals surface area contributed by atoms with Gasteiger partial charge in [-0.2, -0.15) is 0 Å². The third-order valence-corrected chi connectivity index (χ3v) is 0.965. The lowest BCUT2D eigenvalue weighted by Crippen LogP contribution is -1.90. The van der Waals surface area contributed by atoms with Gasteiger partial charge in [0.05, 0.1) is 0 Å². The van der Waals surface area contributed by atoms with E-state index in [0.717, 1.165) is 6.42 Å². The number of rotatable bonds is 2. The van der Waals surface area contributed by atoms with Crippen LogP contribution < -0.4 is 0 Å². The minimum atomic E-state index is 0.407. The van der Waals surface area contributed by atoms with Crippen molar-refractivity contribution in [3.05, 3.63) is 0 Å². The second kappa shape index (κ2) is 3.65. The van der Waals surface area contributed by atoms with E-state index in [2.05, 4.69) is 5.16 Å². The van der Waals surface area contributed by atoms with Gasteiger partial charge in [-0.3, -0.25) is 0 Å². The minimum absolute atomic E-state index is 0.407. The van der Waals surface area contributed by atoms with Crippen molar-refractivity contribution in [1.29, 1.82) is 0 Å². The molecule has 0 fully saturated rings. The van der Waals surface area contributed by atoms with E-state index in [1.165, 1.54) is 6.21 Å². The normalized spacial score (nSPS) is 15.1. The predicted octanol–water partition coefficient (Wildman–Crippen LogP) is 1.49. The van der Waals surface area contributed by atoms with Gasteiger partial charge in [0, 0.05) is 6.21 Å². The Hall–Kier alpha value is -0.530. The van der Waals surface area contributed by atoms with E-state index < -0.39 is 0 Å². The van der Waals surface area contributed by atoms with E-state index >= 15 is 0 Å². The van der Waals surface area contributed by atoms with Crippen LogP contribution in [-0.2, 0) is 0 Å². The van der Waals surface area contributed by atoms with Crippen LogP contribution in [0.5, 0.6) is 0 Å². The average Bonchev–Trinajstić information content (AvgIpc) is 1.68. The molecule has 0 aromatic rings. The zero-order valence-electron chi connectivity index (χ0n) is 4.76. The van der Waals surface area contributed by atoms with Crippen molar-refractivity contribution in [1.82, 2.24) is 0 Å². The molecule has 0 aliphatic heterocycles. The first kappa shape index (κ1) is 6.47. The molecular formula is C5H11NO. The number of hydrogen-bond donors (Lipinski definition) is 1. The molecule has 1 atom stereocenters. The Kier molecular flexibility index (Phi) is 3.38. The van der Waals surface area contributed by atoms with Crippen LogP contribution in [-0.4, -0.2) is 11.4 Å². The van der Waals surface area contributed by atoms with Crippen molar-refractivity contribution < 1.29 is 5.21 Å². The number of hydrogen-bond acceptors (Lipinski definition) is 2. The van der Waals surface area contributed by atoms with Crippen molar-refractivity contribution in [2.45, 2.75) is 20.3 Å². The molecule has 0 radical (unpaired) electrons. The van der Waals surface area contributed by atoms with Crippen LogP contribution in [0.15, 0.2) is 5.16 Å². The molecule has 0 aromatic carbocycles. The lowest BCUT2D eigenvalue weighted by atomic mass is 10.1. The maximum atomic E-state index is 7.94. The van der Waals surface area contributed by atoms with Gasteiger partial charge in [-0.15, -0.1) is 5.16 Å². The van der Waals surface area contributed by atoms with Gasteiger partial charge in [-0.1, -0.05) is 13.8 Å². The SMILES string of the molecule is CCC(C)/C=N/O. The van der Waals surface area contributed by atoms with Crippen molar-refractivity contribution in [3.63, 3.8) is 0 Å². The summed E-state index contributed by atoms with van der Waals surface area (Å²) in [5.41, 5.74) is 0. The van der Waals surface area contributed by atoms with E-state index in [9.17, 15) is 0 Å². The molecule has 2 heteroatoms. The van der Waals surface area contributed by atoms with Crippen molar-refractivity contribution >= 4 is 6.21 Å². The highest BCUT2D eigenvalue weighted by molar-refractivity contribution is 5.58. The zero-order valence-corrected chi connectivity index (χ0v) is 4.76. The lowest BCUT2D eigenvalue weighted by molar-refractivity contribution is 0.318. The Morgan fingerprint density at radius 3 is 2.57 bits per heavy atom. The van der Waals surface area contributed by atoms with Gasteiger partial charge in [0.15, 0.2) is 0 Å². The van der Waals surface area contributed by atoms with E-state index in [-0.39, 0.29) is 0 Å². The minimum Gasteiger partial charge on any atom is -0.411 e. The highest BCUT2D eigenvalue weighted by atomic mass is 16.4. The topological polar surface area (TPSA) is 32.6 Å². The van der Waals surface area contributed by atoms with E-state index in [4.69, 9.17) is 5.21 Å². The van der Waals surface area contributed by atoms with Gasteiger partial charge in [-0.25, -0.2) is 0 Å². The highest BCUT2D eigenvalue weighted by Gasteiger charge is 1.88. The fourth-order valence-electron chi connectivity index (χ4n) is 0.219. The lowest BCUT2D eigenvalue weighted by Gasteiger charge is -1.93. The molecule has 0 aliphatic rings. The zero-order chi connectivity index (χ0) is 5.70. The maximum absolute atomic E-state index is 7.94. The second-order valence-electron chi connectivity index (χ2n) is 1.65. The quantitative estimate of drug-likeness (QED) is 0.319. The molecule has 1 N–H and O–H groups in total. The van der Waals surface area contributed by atoms with Gasteiger partial charge in [-0.05, 0) is 12.3 Å². The molecule has 2 nitrogen and oxygen atoms in total. The Morgan fingerprint density at radius 2 is 2.43 bits per heavy atom. The first-order valence-corrected chi connectivity index (χ1v) is 2.48. The van der Waals surface area contributed by atoms with Crippen LogP contribution in [0.1, 0.15) is 20.3 Å². The second-order valence-corrected chi connectivity index (χ2v) is 1.65. The van der Waals surface area contributed by atoms with Gasteiger partial charge in [0.25, 0.3) is 0 Å². The van der Waals surface area contributed by atoms with Crippen LogP contribution in [0.2, 0.25) is 0 Å². The third kappa shape index (κ3) is 3.30. The standard InChI is InChI=1S/C5H11NO/c1-3-5(2)4-6-7/h4-5,7H,3H2,1-2H3/b6-4+. The van der Waals surface area contributed by atoms with Crippen LogP contribution in [0.3, 0.4) is 0 Å². The molecule has 1 unspecified atom stereocenters. The Bertz CT molecular complexity index is 61.1. The summed E-state index contributed by atoms with van der Waals surface area (Å²) in [6.07, 6.45) is 2.56. The van der Waals surface area contributed by atoms with E-state index in [1.54, 1.807) is 0 Å². The molecule has 0 amide bonds. The largest absolute Gasteiger partial charge is 0.411 e.